The van der Waals surface area contributed by atoms with Crippen LogP contribution in [0.3, 0.4) is 0 Å². The van der Waals surface area contributed by atoms with E-state index in [4.69, 9.17) is 4.52 Å². The van der Waals surface area contributed by atoms with E-state index in [2.05, 4.69) is 25.3 Å². The zero-order chi connectivity index (χ0) is 21.2. The van der Waals surface area contributed by atoms with Gasteiger partial charge in [-0.05, 0) is 49.9 Å². The fourth-order valence-electron chi connectivity index (χ4n) is 4.77. The Labute approximate surface area is 180 Å². The van der Waals surface area contributed by atoms with Crippen molar-refractivity contribution >= 4 is 22.8 Å². The second-order valence-electron chi connectivity index (χ2n) is 8.54. The Morgan fingerprint density at radius 2 is 1.87 bits per heavy atom. The molecule has 1 atom stereocenters. The summed E-state index contributed by atoms with van der Waals surface area (Å²) in [5.74, 6) is 0.470. The number of aromatic nitrogens is 3. The zero-order valence-corrected chi connectivity index (χ0v) is 17.4. The van der Waals surface area contributed by atoms with Crippen molar-refractivity contribution in [2.24, 2.45) is 5.92 Å². The Bertz CT molecular complexity index is 1060. The number of benzene rings is 1. The summed E-state index contributed by atoms with van der Waals surface area (Å²) in [5, 5.41) is 8.14. The third-order valence-electron chi connectivity index (χ3n) is 6.41. The van der Waals surface area contributed by atoms with Gasteiger partial charge < -0.3 is 14.7 Å². The van der Waals surface area contributed by atoms with Crippen LogP contribution in [0.1, 0.15) is 44.9 Å². The molecule has 2 fully saturated rings. The zero-order valence-electron chi connectivity index (χ0n) is 17.4. The number of rotatable bonds is 4. The Hall–Kier alpha value is -3.03. The van der Waals surface area contributed by atoms with Gasteiger partial charge in [0.05, 0.1) is 5.92 Å². The van der Waals surface area contributed by atoms with Crippen LogP contribution in [0.15, 0.2) is 35.1 Å². The number of nitrogens with zero attached hydrogens (tertiary/aromatic N) is 4. The van der Waals surface area contributed by atoms with Crippen LogP contribution in [0.2, 0.25) is 0 Å². The fourth-order valence-corrected chi connectivity index (χ4v) is 4.77. The number of carbonyl (C=O) groups is 1. The average molecular weight is 423 g/mol. The molecule has 1 aliphatic heterocycles. The van der Waals surface area contributed by atoms with Gasteiger partial charge in [0.25, 0.3) is 5.71 Å². The molecule has 0 radical (unpaired) electrons. The molecule has 162 valence electrons. The van der Waals surface area contributed by atoms with E-state index in [1.807, 2.05) is 0 Å². The number of carbonyl (C=O) groups excluding carboxylic acids is 1. The van der Waals surface area contributed by atoms with E-state index in [0.717, 1.165) is 37.8 Å². The van der Waals surface area contributed by atoms with E-state index in [1.165, 1.54) is 37.7 Å². The quantitative estimate of drug-likeness (QED) is 0.680. The second-order valence-corrected chi connectivity index (χ2v) is 8.54. The largest absolute Gasteiger partial charge is 0.355 e. The maximum absolute atomic E-state index is 13.4. The van der Waals surface area contributed by atoms with Gasteiger partial charge >= 0.3 is 0 Å². The minimum atomic E-state index is -0.309. The van der Waals surface area contributed by atoms with Crippen molar-refractivity contribution in [1.29, 1.82) is 0 Å². The molecule has 1 aliphatic carbocycles. The molecule has 0 spiro atoms. The molecule has 1 N–H and O–H groups in total. The van der Waals surface area contributed by atoms with E-state index in [0.29, 0.717) is 35.2 Å². The van der Waals surface area contributed by atoms with Crippen LogP contribution in [0.4, 0.5) is 10.2 Å². The Kier molecular flexibility index (Phi) is 5.53. The molecule has 1 saturated heterocycles. The summed E-state index contributed by atoms with van der Waals surface area (Å²) in [6, 6.07) is 6.43. The summed E-state index contributed by atoms with van der Waals surface area (Å²) < 4.78 is 18.8. The first kappa shape index (κ1) is 19.9. The van der Waals surface area contributed by atoms with Gasteiger partial charge in [0, 0.05) is 24.7 Å². The van der Waals surface area contributed by atoms with Gasteiger partial charge in [0.2, 0.25) is 5.91 Å². The lowest BCUT2D eigenvalue weighted by atomic mass is 9.93. The first-order valence-corrected chi connectivity index (χ1v) is 11.1. The van der Waals surface area contributed by atoms with Gasteiger partial charge in [-0.25, -0.2) is 9.37 Å². The average Bonchev–Trinajstić information content (AvgIpc) is 3.25. The highest BCUT2D eigenvalue weighted by Gasteiger charge is 2.30. The standard InChI is InChI=1S/C23H26FN5O2/c24-17-10-8-15(9-11-17)20-19-21(25-14-26-23(19)31-28-20)29-12-4-5-16(13-29)22(30)27-18-6-2-1-3-7-18/h8-11,14,16,18H,1-7,12-13H2,(H,27,30)/t16-/m0/s1. The Morgan fingerprint density at radius 1 is 1.06 bits per heavy atom. The number of anilines is 1. The van der Waals surface area contributed by atoms with Crippen molar-refractivity contribution in [3.63, 3.8) is 0 Å². The van der Waals surface area contributed by atoms with Crippen LogP contribution < -0.4 is 10.2 Å². The van der Waals surface area contributed by atoms with Crippen LogP contribution in [0.25, 0.3) is 22.4 Å². The maximum Gasteiger partial charge on any atom is 0.263 e. The number of nitrogens with one attached hydrogen (secondary N) is 1. The molecule has 5 rings (SSSR count). The normalized spacial score (nSPS) is 20.2. The monoisotopic (exact) mass is 423 g/mol. The van der Waals surface area contributed by atoms with Gasteiger partial charge in [-0.1, -0.05) is 24.4 Å². The van der Waals surface area contributed by atoms with Gasteiger partial charge in [-0.3, -0.25) is 4.79 Å². The number of amides is 1. The van der Waals surface area contributed by atoms with Gasteiger partial charge in [0.1, 0.15) is 29.0 Å². The highest BCUT2D eigenvalue weighted by molar-refractivity contribution is 5.98. The molecular weight excluding hydrogens is 397 g/mol. The van der Waals surface area contributed by atoms with E-state index < -0.39 is 0 Å². The molecule has 31 heavy (non-hydrogen) atoms. The molecule has 8 heteroatoms. The van der Waals surface area contributed by atoms with Crippen molar-refractivity contribution in [3.8, 4) is 11.3 Å². The van der Waals surface area contributed by atoms with E-state index >= 15 is 0 Å². The fraction of sp³-hybridized carbons (Fsp3) is 0.478. The van der Waals surface area contributed by atoms with E-state index in [9.17, 15) is 9.18 Å². The predicted octanol–water partition coefficient (Wildman–Crippen LogP) is 4.09. The minimum Gasteiger partial charge on any atom is -0.355 e. The predicted molar refractivity (Wildman–Crippen MR) is 115 cm³/mol. The molecule has 2 aromatic heterocycles. The third-order valence-corrected chi connectivity index (χ3v) is 6.41. The van der Waals surface area contributed by atoms with Gasteiger partial charge in [-0.2, -0.15) is 4.98 Å². The van der Waals surface area contributed by atoms with E-state index in [-0.39, 0.29) is 17.6 Å². The lowest BCUT2D eigenvalue weighted by molar-refractivity contribution is -0.126. The molecule has 3 heterocycles. The van der Waals surface area contributed by atoms with Crippen molar-refractivity contribution in [2.45, 2.75) is 51.0 Å². The van der Waals surface area contributed by atoms with Crippen LogP contribution >= 0.6 is 0 Å². The van der Waals surface area contributed by atoms with Gasteiger partial charge in [0.15, 0.2) is 0 Å². The Morgan fingerprint density at radius 3 is 2.68 bits per heavy atom. The number of hydrogen-bond acceptors (Lipinski definition) is 6. The Balaban J connectivity index is 1.40. The smallest absolute Gasteiger partial charge is 0.263 e. The van der Waals surface area contributed by atoms with Gasteiger partial charge in [-0.15, -0.1) is 0 Å². The van der Waals surface area contributed by atoms with Crippen molar-refractivity contribution in [3.05, 3.63) is 36.4 Å². The first-order valence-electron chi connectivity index (χ1n) is 11.1. The van der Waals surface area contributed by atoms with Crippen LogP contribution in [0.5, 0.6) is 0 Å². The molecule has 3 aromatic rings. The van der Waals surface area contributed by atoms with Crippen molar-refractivity contribution in [1.82, 2.24) is 20.4 Å². The third kappa shape index (κ3) is 4.11. The summed E-state index contributed by atoms with van der Waals surface area (Å²) in [7, 11) is 0. The number of hydrogen-bond donors (Lipinski definition) is 1. The van der Waals surface area contributed by atoms with Crippen LogP contribution in [-0.2, 0) is 4.79 Å². The molecule has 1 amide bonds. The van der Waals surface area contributed by atoms with Crippen molar-refractivity contribution in [2.75, 3.05) is 18.0 Å². The molecule has 0 bridgehead atoms. The van der Waals surface area contributed by atoms with E-state index in [1.54, 1.807) is 12.1 Å². The second kappa shape index (κ2) is 8.61. The lowest BCUT2D eigenvalue weighted by Gasteiger charge is -2.34. The topological polar surface area (TPSA) is 84.2 Å². The molecule has 0 unspecified atom stereocenters. The summed E-state index contributed by atoms with van der Waals surface area (Å²) >= 11 is 0. The summed E-state index contributed by atoms with van der Waals surface area (Å²) in [6.45, 7) is 1.39. The SMILES string of the molecule is O=C(NC1CCCCC1)[C@H]1CCCN(c2ncnc3onc(-c4ccc(F)cc4)c23)C1. The van der Waals surface area contributed by atoms with Crippen LogP contribution in [-0.4, -0.2) is 40.2 Å². The van der Waals surface area contributed by atoms with Crippen molar-refractivity contribution < 1.29 is 13.7 Å². The molecule has 2 aliphatic rings. The number of fused-ring (bicyclic) bond motifs is 1. The number of halogens is 1. The molecular formula is C23H26FN5O2. The molecule has 1 aromatic carbocycles. The summed E-state index contributed by atoms with van der Waals surface area (Å²) in [4.78, 5) is 23.8. The summed E-state index contributed by atoms with van der Waals surface area (Å²) in [6.07, 6.45) is 9.06. The number of piperidine rings is 1. The molecule has 1 saturated carbocycles. The summed E-state index contributed by atoms with van der Waals surface area (Å²) in [5.41, 5.74) is 1.71. The minimum absolute atomic E-state index is 0.0742. The molecule has 7 nitrogen and oxygen atoms in total. The first-order chi connectivity index (χ1) is 15.2. The van der Waals surface area contributed by atoms with Crippen LogP contribution in [0, 0.1) is 11.7 Å². The lowest BCUT2D eigenvalue weighted by Crippen LogP contribution is -2.46. The maximum atomic E-state index is 13.4. The highest BCUT2D eigenvalue weighted by Crippen LogP contribution is 2.35. The highest BCUT2D eigenvalue weighted by atomic mass is 19.1.